The molecule has 1 saturated heterocycles. The summed E-state index contributed by atoms with van der Waals surface area (Å²) < 4.78 is 5.56. The quantitative estimate of drug-likeness (QED) is 0.451. The number of amides is 1. The van der Waals surface area contributed by atoms with Gasteiger partial charge in [-0.05, 0) is 61.9 Å². The number of aromatic nitrogens is 3. The van der Waals surface area contributed by atoms with Crippen LogP contribution in [0, 0.1) is 6.92 Å². The number of aryl methyl sites for hydroxylation is 1. The van der Waals surface area contributed by atoms with Gasteiger partial charge in [-0.25, -0.2) is 4.98 Å². The molecule has 8 heteroatoms. The van der Waals surface area contributed by atoms with Crippen LogP contribution in [-0.4, -0.2) is 59.2 Å². The molecule has 180 valence electrons. The smallest absolute Gasteiger partial charge is 0.259 e. The zero-order chi connectivity index (χ0) is 24.5. The largest absolute Gasteiger partial charge is 0.369 e. The second-order valence-electron chi connectivity index (χ2n) is 9.44. The number of likely N-dealkylation sites (N-methyl/N-ethyl adjacent to an activating group) is 1. The summed E-state index contributed by atoms with van der Waals surface area (Å²) in [4.78, 5) is 27.2. The van der Waals surface area contributed by atoms with Crippen molar-refractivity contribution in [3.8, 4) is 11.3 Å². The third-order valence-corrected chi connectivity index (χ3v) is 6.55. The Morgan fingerprint density at radius 1 is 1.11 bits per heavy atom. The normalized spacial score (nSPS) is 14.6. The van der Waals surface area contributed by atoms with E-state index in [0.29, 0.717) is 22.4 Å². The molecule has 0 radical (unpaired) electrons. The summed E-state index contributed by atoms with van der Waals surface area (Å²) in [6.45, 7) is 10.2. The van der Waals surface area contributed by atoms with Gasteiger partial charge in [-0.1, -0.05) is 19.0 Å². The molecule has 5 rings (SSSR count). The predicted molar refractivity (Wildman–Crippen MR) is 138 cm³/mol. The average molecular weight is 471 g/mol. The lowest BCUT2D eigenvalue weighted by atomic mass is 10.0. The molecule has 3 aromatic heterocycles. The SMILES string of the molecule is Cc1cc(N2CCN(C)CC2)ccc1NC(=O)c1cc(-c2cccnc2)nc2onc(C(C)C)c12. The molecular weight excluding hydrogens is 440 g/mol. The molecule has 1 aliphatic heterocycles. The number of rotatable bonds is 5. The summed E-state index contributed by atoms with van der Waals surface area (Å²) in [6.07, 6.45) is 3.42. The van der Waals surface area contributed by atoms with Gasteiger partial charge in [0.05, 0.1) is 22.3 Å². The second kappa shape index (κ2) is 9.46. The van der Waals surface area contributed by atoms with Gasteiger partial charge < -0.3 is 19.6 Å². The van der Waals surface area contributed by atoms with E-state index in [1.165, 1.54) is 5.69 Å². The average Bonchev–Trinajstić information content (AvgIpc) is 3.30. The lowest BCUT2D eigenvalue weighted by Gasteiger charge is -2.34. The molecule has 4 aromatic rings. The summed E-state index contributed by atoms with van der Waals surface area (Å²) in [5.41, 5.74) is 5.95. The molecule has 0 bridgehead atoms. The number of anilines is 2. The summed E-state index contributed by atoms with van der Waals surface area (Å²) in [7, 11) is 2.15. The standard InChI is InChI=1S/C27H30N6O2/c1-17(2)25-24-21(15-23(30-27(24)35-31-25)19-6-5-9-28-16-19)26(34)29-22-8-7-20(14-18(22)3)33-12-10-32(4)11-13-33/h5-9,14-17H,10-13H2,1-4H3,(H,29,34). The molecule has 1 N–H and O–H groups in total. The zero-order valence-electron chi connectivity index (χ0n) is 20.6. The van der Waals surface area contributed by atoms with Gasteiger partial charge in [0, 0.05) is 55.5 Å². The Kier molecular flexibility index (Phi) is 6.21. The van der Waals surface area contributed by atoms with Crippen molar-refractivity contribution >= 4 is 28.4 Å². The van der Waals surface area contributed by atoms with Gasteiger partial charge >= 0.3 is 0 Å². The summed E-state index contributed by atoms with van der Waals surface area (Å²) in [5.74, 6) is -0.137. The molecule has 1 aliphatic rings. The molecule has 1 aromatic carbocycles. The molecule has 0 unspecified atom stereocenters. The number of fused-ring (bicyclic) bond motifs is 1. The minimum absolute atomic E-state index is 0.0819. The number of carbonyl (C=O) groups is 1. The zero-order valence-corrected chi connectivity index (χ0v) is 20.6. The van der Waals surface area contributed by atoms with Crippen molar-refractivity contribution in [3.05, 3.63) is 65.6 Å². The van der Waals surface area contributed by atoms with Crippen molar-refractivity contribution in [2.45, 2.75) is 26.7 Å². The highest BCUT2D eigenvalue weighted by Crippen LogP contribution is 2.31. The molecule has 0 aliphatic carbocycles. The van der Waals surface area contributed by atoms with E-state index in [9.17, 15) is 4.79 Å². The van der Waals surface area contributed by atoms with Gasteiger partial charge in [-0.15, -0.1) is 0 Å². The van der Waals surface area contributed by atoms with E-state index in [1.807, 2.05) is 39.0 Å². The molecule has 1 fully saturated rings. The van der Waals surface area contributed by atoms with Crippen LogP contribution < -0.4 is 10.2 Å². The number of hydrogen-bond donors (Lipinski definition) is 1. The van der Waals surface area contributed by atoms with E-state index in [-0.39, 0.29) is 11.8 Å². The lowest BCUT2D eigenvalue weighted by Crippen LogP contribution is -2.44. The Hall–Kier alpha value is -3.78. The molecule has 0 atom stereocenters. The van der Waals surface area contributed by atoms with Gasteiger partial charge in [0.25, 0.3) is 11.6 Å². The van der Waals surface area contributed by atoms with Crippen LogP contribution in [0.1, 0.15) is 41.4 Å². The van der Waals surface area contributed by atoms with Gasteiger partial charge in [0.2, 0.25) is 0 Å². The van der Waals surface area contributed by atoms with Gasteiger partial charge in [0.1, 0.15) is 0 Å². The fourth-order valence-corrected chi connectivity index (χ4v) is 4.45. The minimum atomic E-state index is -0.219. The number of piperazine rings is 1. The van der Waals surface area contributed by atoms with Crippen LogP contribution in [0.2, 0.25) is 0 Å². The lowest BCUT2D eigenvalue weighted by molar-refractivity contribution is 0.102. The maximum Gasteiger partial charge on any atom is 0.259 e. The van der Waals surface area contributed by atoms with Crippen molar-refractivity contribution in [2.24, 2.45) is 0 Å². The number of carbonyl (C=O) groups excluding carboxylic acids is 1. The number of nitrogens with zero attached hydrogens (tertiary/aromatic N) is 5. The van der Waals surface area contributed by atoms with E-state index in [4.69, 9.17) is 4.52 Å². The van der Waals surface area contributed by atoms with Crippen LogP contribution in [-0.2, 0) is 0 Å². The monoisotopic (exact) mass is 470 g/mol. The van der Waals surface area contributed by atoms with E-state index in [0.717, 1.165) is 48.7 Å². The first-order valence-electron chi connectivity index (χ1n) is 12.0. The van der Waals surface area contributed by atoms with Crippen LogP contribution in [0.5, 0.6) is 0 Å². The molecule has 1 amide bonds. The minimum Gasteiger partial charge on any atom is -0.369 e. The van der Waals surface area contributed by atoms with Crippen molar-refractivity contribution in [1.82, 2.24) is 20.0 Å². The first kappa shape index (κ1) is 23.0. The predicted octanol–water partition coefficient (Wildman–Crippen LogP) is 4.72. The first-order valence-corrected chi connectivity index (χ1v) is 12.0. The molecule has 4 heterocycles. The second-order valence-corrected chi connectivity index (χ2v) is 9.44. The Bertz CT molecular complexity index is 1360. The van der Waals surface area contributed by atoms with Crippen LogP contribution in [0.3, 0.4) is 0 Å². The van der Waals surface area contributed by atoms with Crippen molar-refractivity contribution in [1.29, 1.82) is 0 Å². The molecule has 0 saturated carbocycles. The maximum absolute atomic E-state index is 13.6. The highest BCUT2D eigenvalue weighted by Gasteiger charge is 2.23. The van der Waals surface area contributed by atoms with E-state index < -0.39 is 0 Å². The highest BCUT2D eigenvalue weighted by atomic mass is 16.5. The third-order valence-electron chi connectivity index (χ3n) is 6.55. The Morgan fingerprint density at radius 3 is 2.60 bits per heavy atom. The molecule has 35 heavy (non-hydrogen) atoms. The fraction of sp³-hybridized carbons (Fsp3) is 0.333. The van der Waals surface area contributed by atoms with Crippen LogP contribution >= 0.6 is 0 Å². The van der Waals surface area contributed by atoms with E-state index in [2.05, 4.69) is 49.4 Å². The summed E-state index contributed by atoms with van der Waals surface area (Å²) >= 11 is 0. The Balaban J connectivity index is 1.49. The highest BCUT2D eigenvalue weighted by molar-refractivity contribution is 6.13. The van der Waals surface area contributed by atoms with Crippen molar-refractivity contribution in [2.75, 3.05) is 43.4 Å². The summed E-state index contributed by atoms with van der Waals surface area (Å²) in [5, 5.41) is 7.99. The van der Waals surface area contributed by atoms with Gasteiger partial charge in [-0.3, -0.25) is 9.78 Å². The van der Waals surface area contributed by atoms with Crippen LogP contribution in [0.25, 0.3) is 22.4 Å². The van der Waals surface area contributed by atoms with Gasteiger partial charge in [0.15, 0.2) is 0 Å². The number of pyridine rings is 2. The van der Waals surface area contributed by atoms with Crippen molar-refractivity contribution < 1.29 is 9.32 Å². The van der Waals surface area contributed by atoms with Crippen LogP contribution in [0.15, 0.2) is 53.3 Å². The van der Waals surface area contributed by atoms with Crippen molar-refractivity contribution in [3.63, 3.8) is 0 Å². The number of hydrogen-bond acceptors (Lipinski definition) is 7. The number of nitrogens with one attached hydrogen (secondary N) is 1. The molecular formula is C27H30N6O2. The van der Waals surface area contributed by atoms with E-state index >= 15 is 0 Å². The Labute approximate surface area is 205 Å². The summed E-state index contributed by atoms with van der Waals surface area (Å²) in [6, 6.07) is 11.7. The van der Waals surface area contributed by atoms with Gasteiger partial charge in [-0.2, -0.15) is 0 Å². The third kappa shape index (κ3) is 4.61. The molecule has 8 nitrogen and oxygen atoms in total. The first-order chi connectivity index (χ1) is 16.9. The fourth-order valence-electron chi connectivity index (χ4n) is 4.45. The van der Waals surface area contributed by atoms with E-state index in [1.54, 1.807) is 18.5 Å². The number of benzene rings is 1. The Morgan fingerprint density at radius 2 is 1.91 bits per heavy atom. The molecule has 0 spiro atoms. The maximum atomic E-state index is 13.6. The van der Waals surface area contributed by atoms with Crippen LogP contribution in [0.4, 0.5) is 11.4 Å². The topological polar surface area (TPSA) is 87.4 Å².